The van der Waals surface area contributed by atoms with Gasteiger partial charge in [-0.2, -0.15) is 0 Å². The van der Waals surface area contributed by atoms with E-state index in [2.05, 4.69) is 20.5 Å². The molecule has 3 heterocycles. The first-order valence-electron chi connectivity index (χ1n) is 7.48. The molecule has 0 spiro atoms. The second-order valence-electron chi connectivity index (χ2n) is 5.37. The maximum Gasteiger partial charge on any atom is 0.258 e. The quantitative estimate of drug-likeness (QED) is 0.595. The van der Waals surface area contributed by atoms with Crippen LogP contribution in [0.25, 0.3) is 5.65 Å². The summed E-state index contributed by atoms with van der Waals surface area (Å²) in [4.78, 5) is 17.7. The molecule has 1 aromatic carbocycles. The first kappa shape index (κ1) is 15.7. The summed E-state index contributed by atoms with van der Waals surface area (Å²) >= 11 is 7.62. The minimum absolute atomic E-state index is 0.228. The number of aromatic nitrogens is 4. The van der Waals surface area contributed by atoms with E-state index in [1.54, 1.807) is 35.3 Å². The Morgan fingerprint density at radius 1 is 1.24 bits per heavy atom. The highest BCUT2D eigenvalue weighted by molar-refractivity contribution is 7.15. The zero-order chi connectivity index (χ0) is 17.2. The van der Waals surface area contributed by atoms with Crippen LogP contribution in [0, 0.1) is 0 Å². The van der Waals surface area contributed by atoms with Crippen molar-refractivity contribution in [2.45, 2.75) is 6.42 Å². The lowest BCUT2D eigenvalue weighted by molar-refractivity contribution is 0.102. The van der Waals surface area contributed by atoms with E-state index in [1.165, 1.54) is 11.3 Å². The van der Waals surface area contributed by atoms with E-state index in [0.29, 0.717) is 22.8 Å². The largest absolute Gasteiger partial charge is 0.298 e. The van der Waals surface area contributed by atoms with E-state index >= 15 is 0 Å². The summed E-state index contributed by atoms with van der Waals surface area (Å²) in [5, 5.41) is 11.8. The van der Waals surface area contributed by atoms with Gasteiger partial charge in [0.05, 0.1) is 5.56 Å². The molecule has 0 saturated carbocycles. The molecule has 0 fully saturated rings. The summed E-state index contributed by atoms with van der Waals surface area (Å²) in [5.74, 6) is -0.228. The summed E-state index contributed by atoms with van der Waals surface area (Å²) in [6, 6.07) is 11.1. The molecular formula is C17H12ClN5OS. The van der Waals surface area contributed by atoms with E-state index in [4.69, 9.17) is 11.6 Å². The Bertz CT molecular complexity index is 1060. The van der Waals surface area contributed by atoms with Crippen LogP contribution in [0.2, 0.25) is 5.02 Å². The van der Waals surface area contributed by atoms with Crippen molar-refractivity contribution in [2.75, 3.05) is 5.32 Å². The predicted molar refractivity (Wildman–Crippen MR) is 97.3 cm³/mol. The number of anilines is 1. The molecule has 4 rings (SSSR count). The third-order valence-corrected chi connectivity index (χ3v) is 4.93. The number of nitrogens with one attached hydrogen (secondary N) is 1. The molecular weight excluding hydrogens is 358 g/mol. The Balaban J connectivity index is 1.48. The van der Waals surface area contributed by atoms with Gasteiger partial charge < -0.3 is 0 Å². The van der Waals surface area contributed by atoms with Gasteiger partial charge in [-0.25, -0.2) is 4.98 Å². The number of hydrogen-bond acceptors (Lipinski definition) is 5. The average molecular weight is 370 g/mol. The van der Waals surface area contributed by atoms with Crippen LogP contribution in [0.1, 0.15) is 20.8 Å². The Hall–Kier alpha value is -2.77. The smallest absolute Gasteiger partial charge is 0.258 e. The van der Waals surface area contributed by atoms with Crippen molar-refractivity contribution in [1.82, 2.24) is 19.6 Å². The van der Waals surface area contributed by atoms with E-state index in [-0.39, 0.29) is 5.91 Å². The van der Waals surface area contributed by atoms with Crippen LogP contribution in [0.5, 0.6) is 0 Å². The zero-order valence-corrected chi connectivity index (χ0v) is 14.5. The molecule has 0 aliphatic heterocycles. The summed E-state index contributed by atoms with van der Waals surface area (Å²) in [6.07, 6.45) is 5.67. The van der Waals surface area contributed by atoms with E-state index in [1.807, 2.05) is 24.3 Å². The topological polar surface area (TPSA) is 72.2 Å². The van der Waals surface area contributed by atoms with Crippen molar-refractivity contribution in [3.63, 3.8) is 0 Å². The summed E-state index contributed by atoms with van der Waals surface area (Å²) in [6.45, 7) is 0. The Morgan fingerprint density at radius 3 is 3.00 bits per heavy atom. The highest BCUT2D eigenvalue weighted by atomic mass is 35.5. The standard InChI is InChI=1S/C17H12ClN5OS/c18-14-4-2-1-3-11(14)7-13-8-19-17(25-13)21-16(24)12-5-6-15-22-20-10-23(15)9-12/h1-6,8-10H,7H2,(H,19,21,24). The molecule has 4 aromatic rings. The molecule has 1 N–H and O–H groups in total. The Morgan fingerprint density at radius 2 is 2.12 bits per heavy atom. The van der Waals surface area contributed by atoms with Gasteiger partial charge in [-0.3, -0.25) is 14.5 Å². The van der Waals surface area contributed by atoms with E-state index in [9.17, 15) is 4.79 Å². The fourth-order valence-electron chi connectivity index (χ4n) is 2.41. The molecule has 0 atom stereocenters. The third kappa shape index (κ3) is 3.38. The number of carbonyl (C=O) groups is 1. The van der Waals surface area contributed by atoms with Gasteiger partial charge in [0, 0.05) is 28.7 Å². The molecule has 0 unspecified atom stereocenters. The van der Waals surface area contributed by atoms with Gasteiger partial charge in [-0.15, -0.1) is 21.5 Å². The van der Waals surface area contributed by atoms with Crippen LogP contribution < -0.4 is 5.32 Å². The molecule has 8 heteroatoms. The molecule has 6 nitrogen and oxygen atoms in total. The fourth-order valence-corrected chi connectivity index (χ4v) is 3.44. The third-order valence-electron chi connectivity index (χ3n) is 3.65. The van der Waals surface area contributed by atoms with Crippen molar-refractivity contribution < 1.29 is 4.79 Å². The number of amides is 1. The Kier molecular flexibility index (Phi) is 4.17. The van der Waals surface area contributed by atoms with Crippen molar-refractivity contribution >= 4 is 39.6 Å². The van der Waals surface area contributed by atoms with Crippen LogP contribution in [0.4, 0.5) is 5.13 Å². The summed E-state index contributed by atoms with van der Waals surface area (Å²) in [7, 11) is 0. The van der Waals surface area contributed by atoms with E-state index < -0.39 is 0 Å². The normalized spacial score (nSPS) is 10.9. The number of thiazole rings is 1. The van der Waals surface area contributed by atoms with Crippen molar-refractivity contribution in [1.29, 1.82) is 0 Å². The van der Waals surface area contributed by atoms with Crippen LogP contribution in [0.15, 0.2) is 55.1 Å². The number of benzene rings is 1. The first-order valence-corrected chi connectivity index (χ1v) is 8.67. The minimum Gasteiger partial charge on any atom is -0.298 e. The molecule has 0 aliphatic carbocycles. The van der Waals surface area contributed by atoms with Gasteiger partial charge in [0.2, 0.25) is 0 Å². The van der Waals surface area contributed by atoms with Gasteiger partial charge in [-0.05, 0) is 23.8 Å². The molecule has 1 amide bonds. The second kappa shape index (κ2) is 6.62. The highest BCUT2D eigenvalue weighted by Gasteiger charge is 2.11. The van der Waals surface area contributed by atoms with Gasteiger partial charge in [0.1, 0.15) is 6.33 Å². The lowest BCUT2D eigenvalue weighted by Gasteiger charge is -2.02. The average Bonchev–Trinajstić information content (AvgIpc) is 3.25. The molecule has 25 heavy (non-hydrogen) atoms. The molecule has 0 saturated heterocycles. The number of nitrogens with zero attached hydrogens (tertiary/aromatic N) is 4. The van der Waals surface area contributed by atoms with Crippen molar-refractivity contribution in [3.8, 4) is 0 Å². The van der Waals surface area contributed by atoms with Crippen molar-refractivity contribution in [2.24, 2.45) is 0 Å². The van der Waals surface area contributed by atoms with Crippen LogP contribution in [-0.4, -0.2) is 25.5 Å². The Labute approximate surface area is 152 Å². The van der Waals surface area contributed by atoms with Gasteiger partial charge >= 0.3 is 0 Å². The number of rotatable bonds is 4. The molecule has 0 radical (unpaired) electrons. The number of halogens is 1. The first-order chi connectivity index (χ1) is 12.2. The number of fused-ring (bicyclic) bond motifs is 1. The SMILES string of the molecule is O=C(Nc1ncc(Cc2ccccc2Cl)s1)c1ccc2nncn2c1. The van der Waals surface area contributed by atoms with Crippen molar-refractivity contribution in [3.05, 3.63) is 76.1 Å². The van der Waals surface area contributed by atoms with E-state index in [0.717, 1.165) is 15.5 Å². The predicted octanol–water partition coefficient (Wildman–Crippen LogP) is 3.68. The fraction of sp³-hybridized carbons (Fsp3) is 0.0588. The molecule has 124 valence electrons. The highest BCUT2D eigenvalue weighted by Crippen LogP contribution is 2.25. The van der Waals surface area contributed by atoms with Crippen LogP contribution >= 0.6 is 22.9 Å². The lowest BCUT2D eigenvalue weighted by Crippen LogP contribution is -2.12. The maximum absolute atomic E-state index is 12.4. The van der Waals surface area contributed by atoms with Crippen LogP contribution in [-0.2, 0) is 6.42 Å². The second-order valence-corrected chi connectivity index (χ2v) is 6.89. The maximum atomic E-state index is 12.4. The van der Waals surface area contributed by atoms with Gasteiger partial charge in [-0.1, -0.05) is 29.8 Å². The number of carbonyl (C=O) groups excluding carboxylic acids is 1. The number of pyridine rings is 1. The minimum atomic E-state index is -0.228. The van der Waals surface area contributed by atoms with Gasteiger partial charge in [0.15, 0.2) is 10.8 Å². The monoisotopic (exact) mass is 369 g/mol. The summed E-state index contributed by atoms with van der Waals surface area (Å²) < 4.78 is 1.69. The van der Waals surface area contributed by atoms with Gasteiger partial charge in [0.25, 0.3) is 5.91 Å². The summed E-state index contributed by atoms with van der Waals surface area (Å²) in [5.41, 5.74) is 2.23. The van der Waals surface area contributed by atoms with Crippen LogP contribution in [0.3, 0.4) is 0 Å². The number of hydrogen-bond donors (Lipinski definition) is 1. The zero-order valence-electron chi connectivity index (χ0n) is 12.9. The lowest BCUT2D eigenvalue weighted by atomic mass is 10.1. The molecule has 0 bridgehead atoms. The molecule has 0 aliphatic rings. The molecule has 3 aromatic heterocycles.